The molecule has 3 aromatic carbocycles. The van der Waals surface area contributed by atoms with Gasteiger partial charge in [0.25, 0.3) is 5.91 Å². The first kappa shape index (κ1) is 21.0. The largest absolute Gasteiger partial charge is 0.457 e. The van der Waals surface area contributed by atoms with Gasteiger partial charge in [-0.3, -0.25) is 19.4 Å². The molecular formula is C24H20FN3O4. The van der Waals surface area contributed by atoms with E-state index < -0.39 is 36.2 Å². The molecule has 0 radical (unpaired) electrons. The summed E-state index contributed by atoms with van der Waals surface area (Å²) in [6.45, 7) is 1.13. The molecule has 4 rings (SSSR count). The van der Waals surface area contributed by atoms with Crippen molar-refractivity contribution in [3.8, 4) is 11.5 Å². The molecule has 32 heavy (non-hydrogen) atoms. The number of para-hydroxylation sites is 1. The second kappa shape index (κ2) is 8.89. The Hall–Kier alpha value is -4.20. The van der Waals surface area contributed by atoms with E-state index in [0.29, 0.717) is 22.9 Å². The molecule has 3 aromatic rings. The average Bonchev–Trinajstić information content (AvgIpc) is 3.00. The van der Waals surface area contributed by atoms with Crippen LogP contribution in [0.5, 0.6) is 11.5 Å². The maximum atomic E-state index is 13.2. The number of anilines is 2. The second-order valence-corrected chi connectivity index (χ2v) is 7.22. The fourth-order valence-electron chi connectivity index (χ4n) is 3.38. The summed E-state index contributed by atoms with van der Waals surface area (Å²) in [5.41, 5.74) is 0.882. The molecule has 1 heterocycles. The van der Waals surface area contributed by atoms with Gasteiger partial charge in [0.2, 0.25) is 5.91 Å². The lowest BCUT2D eigenvalue weighted by Crippen LogP contribution is -2.39. The predicted molar refractivity (Wildman–Crippen MR) is 117 cm³/mol. The minimum absolute atomic E-state index is 0.383. The van der Waals surface area contributed by atoms with E-state index in [4.69, 9.17) is 4.74 Å². The van der Waals surface area contributed by atoms with E-state index in [0.717, 1.165) is 4.90 Å². The first-order valence-corrected chi connectivity index (χ1v) is 9.95. The van der Waals surface area contributed by atoms with Crippen LogP contribution < -0.4 is 15.0 Å². The van der Waals surface area contributed by atoms with E-state index in [9.17, 15) is 18.8 Å². The van der Waals surface area contributed by atoms with Crippen molar-refractivity contribution in [3.63, 3.8) is 0 Å². The summed E-state index contributed by atoms with van der Waals surface area (Å²) in [6, 6.07) is 19.8. The van der Waals surface area contributed by atoms with E-state index in [1.165, 1.54) is 29.2 Å². The highest BCUT2D eigenvalue weighted by molar-refractivity contribution is 6.16. The molecule has 1 aliphatic rings. The molecule has 7 nitrogen and oxygen atoms in total. The molecule has 1 fully saturated rings. The zero-order valence-corrected chi connectivity index (χ0v) is 17.2. The number of hydrogen-bond acceptors (Lipinski definition) is 4. The Morgan fingerprint density at radius 3 is 2.22 bits per heavy atom. The number of amides is 4. The molecule has 0 saturated carbocycles. The Labute approximate surface area is 184 Å². The third-order valence-corrected chi connectivity index (χ3v) is 4.97. The molecule has 4 amide bonds. The minimum atomic E-state index is -0.796. The number of nitrogens with zero attached hydrogens (tertiary/aromatic N) is 2. The van der Waals surface area contributed by atoms with Crippen LogP contribution in [-0.4, -0.2) is 35.3 Å². The van der Waals surface area contributed by atoms with Gasteiger partial charge in [-0.2, -0.15) is 0 Å². The number of carbonyl (C=O) groups excluding carboxylic acids is 3. The summed E-state index contributed by atoms with van der Waals surface area (Å²) in [4.78, 5) is 39.9. The third kappa shape index (κ3) is 4.44. The lowest BCUT2D eigenvalue weighted by Gasteiger charge is -2.19. The smallest absolute Gasteiger partial charge is 0.332 e. The zero-order valence-electron chi connectivity index (χ0n) is 17.2. The number of carbonyl (C=O) groups is 3. The van der Waals surface area contributed by atoms with E-state index in [2.05, 4.69) is 5.32 Å². The molecule has 162 valence electrons. The quantitative estimate of drug-likeness (QED) is 0.584. The number of benzene rings is 3. The lowest BCUT2D eigenvalue weighted by atomic mass is 10.2. The molecule has 8 heteroatoms. The number of imide groups is 1. The van der Waals surface area contributed by atoms with Gasteiger partial charge in [0.15, 0.2) is 0 Å². The number of urea groups is 1. The van der Waals surface area contributed by atoms with Crippen LogP contribution in [0.4, 0.5) is 20.6 Å². The van der Waals surface area contributed by atoms with Crippen molar-refractivity contribution in [2.24, 2.45) is 0 Å². The van der Waals surface area contributed by atoms with Crippen molar-refractivity contribution < 1.29 is 23.5 Å². The Balaban J connectivity index is 1.38. The van der Waals surface area contributed by atoms with Crippen LogP contribution in [0, 0.1) is 5.82 Å². The van der Waals surface area contributed by atoms with Crippen molar-refractivity contribution in [1.29, 1.82) is 0 Å². The molecule has 0 aromatic heterocycles. The monoisotopic (exact) mass is 433 g/mol. The van der Waals surface area contributed by atoms with Crippen molar-refractivity contribution >= 4 is 29.2 Å². The molecule has 0 aliphatic carbocycles. The maximum Gasteiger partial charge on any atom is 0.332 e. The van der Waals surface area contributed by atoms with Crippen LogP contribution in [0.3, 0.4) is 0 Å². The van der Waals surface area contributed by atoms with Gasteiger partial charge in [0, 0.05) is 11.4 Å². The topological polar surface area (TPSA) is 79.0 Å². The number of rotatable bonds is 6. The molecule has 1 unspecified atom stereocenters. The highest BCUT2D eigenvalue weighted by Gasteiger charge is 2.44. The van der Waals surface area contributed by atoms with E-state index >= 15 is 0 Å². The Kier molecular flexibility index (Phi) is 5.85. The van der Waals surface area contributed by atoms with Gasteiger partial charge in [-0.1, -0.05) is 18.2 Å². The van der Waals surface area contributed by atoms with Crippen molar-refractivity contribution in [2.75, 3.05) is 16.8 Å². The lowest BCUT2D eigenvalue weighted by molar-refractivity contribution is -0.130. The second-order valence-electron chi connectivity index (χ2n) is 7.22. The van der Waals surface area contributed by atoms with Crippen molar-refractivity contribution in [3.05, 3.63) is 84.7 Å². The SMILES string of the molecule is CC1C(=O)N(CC(=O)Nc2ccc(Oc3ccccc3)cc2)C(=O)N1c1ccc(F)cc1. The van der Waals surface area contributed by atoms with Crippen LogP contribution in [0.25, 0.3) is 0 Å². The summed E-state index contributed by atoms with van der Waals surface area (Å²) >= 11 is 0. The number of nitrogens with one attached hydrogen (secondary N) is 1. The standard InChI is InChI=1S/C24H20FN3O4/c1-16-23(30)27(24(31)28(16)19-11-7-17(25)8-12-19)15-22(29)26-18-9-13-21(14-10-18)32-20-5-3-2-4-6-20/h2-14,16H,15H2,1H3,(H,26,29). The van der Waals surface area contributed by atoms with Crippen LogP contribution >= 0.6 is 0 Å². The van der Waals surface area contributed by atoms with Crippen LogP contribution in [0.15, 0.2) is 78.9 Å². The fraction of sp³-hybridized carbons (Fsp3) is 0.125. The highest BCUT2D eigenvalue weighted by atomic mass is 19.1. The summed E-state index contributed by atoms with van der Waals surface area (Å²) in [5, 5.41) is 2.67. The summed E-state index contributed by atoms with van der Waals surface area (Å²) in [6.07, 6.45) is 0. The van der Waals surface area contributed by atoms with Crippen LogP contribution in [0.2, 0.25) is 0 Å². The number of halogens is 1. The fourth-order valence-corrected chi connectivity index (χ4v) is 3.38. The van der Waals surface area contributed by atoms with Gasteiger partial charge in [0.1, 0.15) is 29.9 Å². The maximum absolute atomic E-state index is 13.2. The van der Waals surface area contributed by atoms with Gasteiger partial charge >= 0.3 is 6.03 Å². The van der Waals surface area contributed by atoms with Gasteiger partial charge in [0.05, 0.1) is 0 Å². The summed E-state index contributed by atoms with van der Waals surface area (Å²) in [5.74, 6) is -0.175. The first-order valence-electron chi connectivity index (χ1n) is 9.95. The van der Waals surface area contributed by atoms with Gasteiger partial charge in [-0.15, -0.1) is 0 Å². The summed E-state index contributed by atoms with van der Waals surface area (Å²) < 4.78 is 18.9. The van der Waals surface area contributed by atoms with Gasteiger partial charge in [-0.05, 0) is 67.6 Å². The normalized spacial score (nSPS) is 15.8. The molecule has 1 N–H and O–H groups in total. The molecule has 1 saturated heterocycles. The van der Waals surface area contributed by atoms with E-state index in [1.807, 2.05) is 30.3 Å². The third-order valence-electron chi connectivity index (χ3n) is 4.97. The minimum Gasteiger partial charge on any atom is -0.457 e. The van der Waals surface area contributed by atoms with E-state index in [1.54, 1.807) is 31.2 Å². The van der Waals surface area contributed by atoms with Gasteiger partial charge < -0.3 is 10.1 Å². The van der Waals surface area contributed by atoms with E-state index in [-0.39, 0.29) is 0 Å². The Bertz CT molecular complexity index is 1130. The van der Waals surface area contributed by atoms with Crippen LogP contribution in [-0.2, 0) is 9.59 Å². The van der Waals surface area contributed by atoms with Crippen molar-refractivity contribution in [2.45, 2.75) is 13.0 Å². The Morgan fingerprint density at radius 1 is 0.938 bits per heavy atom. The first-order chi connectivity index (χ1) is 15.4. The zero-order chi connectivity index (χ0) is 22.7. The van der Waals surface area contributed by atoms with Gasteiger partial charge in [-0.25, -0.2) is 9.18 Å². The molecule has 1 atom stereocenters. The Morgan fingerprint density at radius 2 is 1.56 bits per heavy atom. The highest BCUT2D eigenvalue weighted by Crippen LogP contribution is 2.26. The molecule has 0 spiro atoms. The predicted octanol–water partition coefficient (Wildman–Crippen LogP) is 4.41. The van der Waals surface area contributed by atoms with Crippen molar-refractivity contribution in [1.82, 2.24) is 4.90 Å². The number of hydrogen-bond donors (Lipinski definition) is 1. The molecular weight excluding hydrogens is 413 g/mol. The molecule has 0 bridgehead atoms. The number of ether oxygens (including phenoxy) is 1. The molecule has 1 aliphatic heterocycles. The van der Waals surface area contributed by atoms with Crippen LogP contribution in [0.1, 0.15) is 6.92 Å². The summed E-state index contributed by atoms with van der Waals surface area (Å²) in [7, 11) is 0. The average molecular weight is 433 g/mol.